The Bertz CT molecular complexity index is 1330. The maximum Gasteiger partial charge on any atom is 0.336 e. The zero-order chi connectivity index (χ0) is 20.8. The summed E-state index contributed by atoms with van der Waals surface area (Å²) >= 11 is 9.91. The van der Waals surface area contributed by atoms with Crippen molar-refractivity contribution < 1.29 is 9.15 Å². The average molecular weight is 483 g/mol. The molecule has 4 nitrogen and oxygen atoms in total. The van der Waals surface area contributed by atoms with Crippen LogP contribution < -0.4 is 15.3 Å². The molecule has 1 aliphatic rings. The van der Waals surface area contributed by atoms with Crippen LogP contribution in [-0.4, -0.2) is 6.73 Å². The molecular formula is C24H17BrClNO3. The fourth-order valence-electron chi connectivity index (χ4n) is 3.97. The molecule has 0 bridgehead atoms. The minimum absolute atomic E-state index is 0.364. The molecule has 0 spiro atoms. The van der Waals surface area contributed by atoms with E-state index in [-0.39, 0.29) is 5.63 Å². The Morgan fingerprint density at radius 3 is 2.63 bits per heavy atom. The third-order valence-corrected chi connectivity index (χ3v) is 6.15. The molecule has 4 aromatic rings. The molecule has 0 N–H and O–H groups in total. The van der Waals surface area contributed by atoms with Gasteiger partial charge >= 0.3 is 5.63 Å². The second kappa shape index (κ2) is 7.49. The summed E-state index contributed by atoms with van der Waals surface area (Å²) in [5.74, 6) is 0.764. The Balaban J connectivity index is 1.67. The van der Waals surface area contributed by atoms with Gasteiger partial charge in [0.2, 0.25) is 0 Å². The normalized spacial score (nSPS) is 13.2. The average Bonchev–Trinajstić information content (AvgIpc) is 2.74. The Kier molecular flexibility index (Phi) is 4.80. The van der Waals surface area contributed by atoms with Crippen molar-refractivity contribution in [3.63, 3.8) is 0 Å². The lowest BCUT2D eigenvalue weighted by atomic mass is 9.97. The summed E-state index contributed by atoms with van der Waals surface area (Å²) in [7, 11) is 0. The number of ether oxygens (including phenoxy) is 1. The van der Waals surface area contributed by atoms with Gasteiger partial charge in [-0.25, -0.2) is 4.79 Å². The van der Waals surface area contributed by atoms with Crippen LogP contribution in [0.25, 0.3) is 22.1 Å². The van der Waals surface area contributed by atoms with Crippen molar-refractivity contribution in [2.45, 2.75) is 13.5 Å². The van der Waals surface area contributed by atoms with E-state index in [1.165, 1.54) is 0 Å². The van der Waals surface area contributed by atoms with Crippen LogP contribution in [-0.2, 0) is 6.54 Å². The van der Waals surface area contributed by atoms with Gasteiger partial charge in [-0.2, -0.15) is 0 Å². The number of aryl methyl sites for hydroxylation is 1. The van der Waals surface area contributed by atoms with Gasteiger partial charge in [0.15, 0.2) is 6.73 Å². The molecule has 0 saturated carbocycles. The maximum absolute atomic E-state index is 12.3. The minimum atomic E-state index is -0.372. The molecule has 0 fully saturated rings. The van der Waals surface area contributed by atoms with Crippen LogP contribution in [0, 0.1) is 6.92 Å². The first kappa shape index (κ1) is 19.2. The quantitative estimate of drug-likeness (QED) is 0.304. The summed E-state index contributed by atoms with van der Waals surface area (Å²) in [6, 6.07) is 19.3. The zero-order valence-corrected chi connectivity index (χ0v) is 18.5. The highest BCUT2D eigenvalue weighted by Crippen LogP contribution is 2.40. The van der Waals surface area contributed by atoms with Gasteiger partial charge in [-0.05, 0) is 42.3 Å². The lowest BCUT2D eigenvalue weighted by Crippen LogP contribution is -2.32. The summed E-state index contributed by atoms with van der Waals surface area (Å²) < 4.78 is 12.6. The van der Waals surface area contributed by atoms with Gasteiger partial charge in [0.25, 0.3) is 0 Å². The summed E-state index contributed by atoms with van der Waals surface area (Å²) in [6.07, 6.45) is 0. The van der Waals surface area contributed by atoms with E-state index in [1.807, 2.05) is 55.5 Å². The molecule has 0 saturated heterocycles. The van der Waals surface area contributed by atoms with Gasteiger partial charge < -0.3 is 14.1 Å². The van der Waals surface area contributed by atoms with E-state index in [1.54, 1.807) is 6.07 Å². The largest absolute Gasteiger partial charge is 0.472 e. The van der Waals surface area contributed by atoms with E-state index >= 15 is 0 Å². The van der Waals surface area contributed by atoms with Crippen molar-refractivity contribution >= 4 is 44.2 Å². The lowest BCUT2D eigenvalue weighted by molar-refractivity contribution is 0.287. The molecule has 3 aromatic carbocycles. The van der Waals surface area contributed by atoms with Gasteiger partial charge in [-0.15, -0.1) is 0 Å². The minimum Gasteiger partial charge on any atom is -0.472 e. The van der Waals surface area contributed by atoms with Crippen molar-refractivity contribution in [2.75, 3.05) is 11.6 Å². The van der Waals surface area contributed by atoms with Crippen molar-refractivity contribution in [1.82, 2.24) is 0 Å². The van der Waals surface area contributed by atoms with E-state index in [0.717, 1.165) is 43.5 Å². The van der Waals surface area contributed by atoms with Crippen LogP contribution in [0.5, 0.6) is 5.75 Å². The Hall–Kier alpha value is -2.76. The number of hydrogen-bond acceptors (Lipinski definition) is 4. The summed E-state index contributed by atoms with van der Waals surface area (Å²) in [5.41, 5.74) is 4.78. The molecule has 0 unspecified atom stereocenters. The second-order valence-electron chi connectivity index (χ2n) is 7.28. The number of nitrogens with zero attached hydrogens (tertiary/aromatic N) is 1. The van der Waals surface area contributed by atoms with Gasteiger partial charge in [0.05, 0.1) is 10.7 Å². The van der Waals surface area contributed by atoms with Crippen molar-refractivity contribution in [1.29, 1.82) is 0 Å². The number of halogens is 2. The van der Waals surface area contributed by atoms with Crippen LogP contribution >= 0.6 is 27.5 Å². The number of fused-ring (bicyclic) bond motifs is 2. The van der Waals surface area contributed by atoms with E-state index in [9.17, 15) is 4.79 Å². The van der Waals surface area contributed by atoms with Crippen molar-refractivity contribution in [3.05, 3.63) is 91.7 Å². The van der Waals surface area contributed by atoms with E-state index < -0.39 is 0 Å². The standard InChI is InChI=1S/C24H17BrClNO3/c1-14-23-16(12-27(13-29-23)21-8-7-17(25)10-20(21)26)9-19-18(11-22(28)30-24(14)19)15-5-3-2-4-6-15/h2-11H,12-13H2,1H3. The molecule has 5 rings (SSSR count). The van der Waals surface area contributed by atoms with Crippen LogP contribution in [0.1, 0.15) is 11.1 Å². The van der Waals surface area contributed by atoms with Crippen molar-refractivity contribution in [2.24, 2.45) is 0 Å². The van der Waals surface area contributed by atoms with E-state index in [4.69, 9.17) is 20.8 Å². The first-order valence-corrected chi connectivity index (χ1v) is 10.7. The summed E-state index contributed by atoms with van der Waals surface area (Å²) in [5, 5.41) is 1.55. The van der Waals surface area contributed by atoms with Crippen LogP contribution in [0.15, 0.2) is 74.3 Å². The van der Waals surface area contributed by atoms with Gasteiger partial charge in [0.1, 0.15) is 11.3 Å². The number of rotatable bonds is 2. The highest BCUT2D eigenvalue weighted by Gasteiger charge is 2.24. The number of anilines is 1. The molecule has 0 atom stereocenters. The second-order valence-corrected chi connectivity index (χ2v) is 8.60. The van der Waals surface area contributed by atoms with Crippen LogP contribution in [0.3, 0.4) is 0 Å². The van der Waals surface area contributed by atoms with Crippen LogP contribution in [0.2, 0.25) is 5.02 Å². The Labute approximate surface area is 186 Å². The van der Waals surface area contributed by atoms with E-state index in [2.05, 4.69) is 26.9 Å². The predicted octanol–water partition coefficient (Wildman–Crippen LogP) is 6.54. The molecule has 0 amide bonds. The van der Waals surface area contributed by atoms with E-state index in [0.29, 0.717) is 23.9 Å². The highest BCUT2D eigenvalue weighted by atomic mass is 79.9. The van der Waals surface area contributed by atoms with Gasteiger partial charge in [0, 0.05) is 33.6 Å². The predicted molar refractivity (Wildman–Crippen MR) is 123 cm³/mol. The molecule has 2 heterocycles. The molecule has 0 aliphatic carbocycles. The number of hydrogen-bond donors (Lipinski definition) is 0. The zero-order valence-electron chi connectivity index (χ0n) is 16.1. The fraction of sp³-hybridized carbons (Fsp3) is 0.125. The molecule has 6 heteroatoms. The Morgan fingerprint density at radius 1 is 1.07 bits per heavy atom. The number of benzene rings is 3. The molecular weight excluding hydrogens is 466 g/mol. The highest BCUT2D eigenvalue weighted by molar-refractivity contribution is 9.10. The SMILES string of the molecule is Cc1c2c(cc3c(-c4ccccc4)cc(=O)oc13)CN(c1ccc(Br)cc1Cl)CO2. The molecule has 150 valence electrons. The summed E-state index contributed by atoms with van der Waals surface area (Å²) in [4.78, 5) is 14.4. The fourth-order valence-corrected chi connectivity index (χ4v) is 4.76. The maximum atomic E-state index is 12.3. The Morgan fingerprint density at radius 2 is 1.87 bits per heavy atom. The molecule has 30 heavy (non-hydrogen) atoms. The van der Waals surface area contributed by atoms with Gasteiger partial charge in [-0.3, -0.25) is 0 Å². The molecule has 1 aliphatic heterocycles. The van der Waals surface area contributed by atoms with Crippen LogP contribution in [0.4, 0.5) is 5.69 Å². The third kappa shape index (κ3) is 3.28. The molecule has 0 radical (unpaired) electrons. The monoisotopic (exact) mass is 481 g/mol. The topological polar surface area (TPSA) is 42.7 Å². The first-order valence-electron chi connectivity index (χ1n) is 9.50. The summed E-state index contributed by atoms with van der Waals surface area (Å²) in [6.45, 7) is 2.94. The first-order chi connectivity index (χ1) is 14.5. The van der Waals surface area contributed by atoms with Crippen molar-refractivity contribution in [3.8, 4) is 16.9 Å². The smallest absolute Gasteiger partial charge is 0.336 e. The molecule has 1 aromatic heterocycles. The lowest BCUT2D eigenvalue weighted by Gasteiger charge is -2.32. The van der Waals surface area contributed by atoms with Gasteiger partial charge in [-0.1, -0.05) is 57.9 Å². The third-order valence-electron chi connectivity index (χ3n) is 5.35.